The molecule has 0 unspecified atom stereocenters. The number of amides is 1. The molecule has 0 bridgehead atoms. The van der Waals surface area contributed by atoms with E-state index in [0.717, 1.165) is 19.6 Å². The molecule has 0 atom stereocenters. The van der Waals surface area contributed by atoms with E-state index in [1.807, 2.05) is 30.3 Å². The maximum atomic E-state index is 12.3. The standard InChI is InChI=1S/C23H28N2O5/c1-28-20-9-5-6-10-21(20)29-16-11-23(27)30-18-22(26)25-14-12-24(13-15-25)17-19-7-3-2-4-8-19/h2-10H,11-18H2,1H3. The monoisotopic (exact) mass is 412 g/mol. The molecule has 2 aromatic rings. The van der Waals surface area contributed by atoms with Crippen molar-refractivity contribution < 1.29 is 23.8 Å². The third-order valence-corrected chi connectivity index (χ3v) is 4.96. The summed E-state index contributed by atoms with van der Waals surface area (Å²) < 4.78 is 15.9. The molecular weight excluding hydrogens is 384 g/mol. The fourth-order valence-corrected chi connectivity index (χ4v) is 3.29. The summed E-state index contributed by atoms with van der Waals surface area (Å²) in [7, 11) is 1.56. The smallest absolute Gasteiger partial charge is 0.309 e. The topological polar surface area (TPSA) is 68.3 Å². The number of rotatable bonds is 9. The second kappa shape index (κ2) is 11.2. The van der Waals surface area contributed by atoms with Crippen LogP contribution in [0.2, 0.25) is 0 Å². The van der Waals surface area contributed by atoms with Gasteiger partial charge in [-0.3, -0.25) is 14.5 Å². The summed E-state index contributed by atoms with van der Waals surface area (Å²) in [4.78, 5) is 28.3. The first-order chi connectivity index (χ1) is 14.7. The molecule has 1 aliphatic rings. The van der Waals surface area contributed by atoms with Gasteiger partial charge in [0.1, 0.15) is 0 Å². The first kappa shape index (κ1) is 21.6. The van der Waals surface area contributed by atoms with Gasteiger partial charge in [-0.2, -0.15) is 0 Å². The molecule has 1 aliphatic heterocycles. The van der Waals surface area contributed by atoms with Crippen molar-refractivity contribution in [1.82, 2.24) is 9.80 Å². The molecule has 1 saturated heterocycles. The van der Waals surface area contributed by atoms with Crippen LogP contribution >= 0.6 is 0 Å². The summed E-state index contributed by atoms with van der Waals surface area (Å²) in [5.41, 5.74) is 1.27. The molecule has 0 spiro atoms. The Bertz CT molecular complexity index is 819. The Morgan fingerprint density at radius 3 is 2.27 bits per heavy atom. The number of benzene rings is 2. The molecule has 0 saturated carbocycles. The molecule has 0 N–H and O–H groups in total. The molecule has 160 valence electrons. The average Bonchev–Trinajstić information content (AvgIpc) is 2.79. The fourth-order valence-electron chi connectivity index (χ4n) is 3.29. The first-order valence-electron chi connectivity index (χ1n) is 10.1. The number of esters is 1. The predicted octanol–water partition coefficient (Wildman–Crippen LogP) is 2.35. The second-order valence-electron chi connectivity index (χ2n) is 7.05. The Labute approximate surface area is 177 Å². The zero-order valence-electron chi connectivity index (χ0n) is 17.3. The van der Waals surface area contributed by atoms with Crippen molar-refractivity contribution in [1.29, 1.82) is 0 Å². The summed E-state index contributed by atoms with van der Waals surface area (Å²) >= 11 is 0. The van der Waals surface area contributed by atoms with Crippen molar-refractivity contribution in [3.63, 3.8) is 0 Å². The maximum Gasteiger partial charge on any atom is 0.309 e. The number of carbonyl (C=O) groups is 2. The van der Waals surface area contributed by atoms with E-state index in [1.54, 1.807) is 24.1 Å². The first-order valence-corrected chi connectivity index (χ1v) is 10.1. The molecule has 1 heterocycles. The SMILES string of the molecule is COc1ccccc1OCCC(=O)OCC(=O)N1CCN(Cc2ccccc2)CC1. The molecule has 1 amide bonds. The number of piperazine rings is 1. The second-order valence-corrected chi connectivity index (χ2v) is 7.05. The molecule has 1 fully saturated rings. The summed E-state index contributed by atoms with van der Waals surface area (Å²) in [6.07, 6.45) is 0.0657. The number of nitrogens with zero attached hydrogens (tertiary/aromatic N) is 2. The maximum absolute atomic E-state index is 12.3. The van der Waals surface area contributed by atoms with E-state index in [2.05, 4.69) is 17.0 Å². The van der Waals surface area contributed by atoms with Gasteiger partial charge in [0.15, 0.2) is 18.1 Å². The number of hydrogen-bond donors (Lipinski definition) is 0. The van der Waals surface area contributed by atoms with E-state index in [4.69, 9.17) is 14.2 Å². The lowest BCUT2D eigenvalue weighted by molar-refractivity contribution is -0.153. The van der Waals surface area contributed by atoms with Gasteiger partial charge in [0.2, 0.25) is 0 Å². The molecule has 7 heteroatoms. The number of carbonyl (C=O) groups excluding carboxylic acids is 2. The lowest BCUT2D eigenvalue weighted by atomic mass is 10.2. The quantitative estimate of drug-likeness (QED) is 0.589. The summed E-state index contributed by atoms with van der Waals surface area (Å²) in [6, 6.07) is 17.5. The van der Waals surface area contributed by atoms with Crippen molar-refractivity contribution in [2.24, 2.45) is 0 Å². The molecule has 3 rings (SSSR count). The number of para-hydroxylation sites is 2. The third-order valence-electron chi connectivity index (χ3n) is 4.96. The highest BCUT2D eigenvalue weighted by molar-refractivity contribution is 5.80. The Balaban J connectivity index is 1.32. The van der Waals surface area contributed by atoms with Gasteiger partial charge in [-0.05, 0) is 17.7 Å². The minimum Gasteiger partial charge on any atom is -0.493 e. The zero-order valence-corrected chi connectivity index (χ0v) is 17.3. The molecular formula is C23H28N2O5. The Morgan fingerprint density at radius 1 is 0.900 bits per heavy atom. The fraction of sp³-hybridized carbons (Fsp3) is 0.391. The van der Waals surface area contributed by atoms with E-state index in [-0.39, 0.29) is 25.5 Å². The van der Waals surface area contributed by atoms with E-state index in [1.165, 1.54) is 5.56 Å². The van der Waals surface area contributed by atoms with E-state index >= 15 is 0 Å². The molecule has 0 radical (unpaired) electrons. The van der Waals surface area contributed by atoms with Crippen LogP contribution in [0.3, 0.4) is 0 Å². The van der Waals surface area contributed by atoms with Gasteiger partial charge >= 0.3 is 5.97 Å². The van der Waals surface area contributed by atoms with Crippen molar-refractivity contribution in [2.75, 3.05) is 46.5 Å². The van der Waals surface area contributed by atoms with Crippen molar-refractivity contribution >= 4 is 11.9 Å². The van der Waals surface area contributed by atoms with E-state index < -0.39 is 5.97 Å². The molecule has 0 aromatic heterocycles. The highest BCUT2D eigenvalue weighted by Gasteiger charge is 2.22. The van der Waals surface area contributed by atoms with Crippen molar-refractivity contribution in [3.8, 4) is 11.5 Å². The number of hydrogen-bond acceptors (Lipinski definition) is 6. The van der Waals surface area contributed by atoms with Crippen LogP contribution in [0.25, 0.3) is 0 Å². The summed E-state index contributed by atoms with van der Waals surface area (Å²) in [5.74, 6) is 0.555. The van der Waals surface area contributed by atoms with Crippen LogP contribution in [-0.2, 0) is 20.9 Å². The molecule has 0 aliphatic carbocycles. The van der Waals surface area contributed by atoms with Gasteiger partial charge < -0.3 is 19.1 Å². The third kappa shape index (κ3) is 6.49. The molecule has 30 heavy (non-hydrogen) atoms. The van der Waals surface area contributed by atoms with Gasteiger partial charge in [0.25, 0.3) is 5.91 Å². The summed E-state index contributed by atoms with van der Waals surface area (Å²) in [5, 5.41) is 0. The van der Waals surface area contributed by atoms with Crippen LogP contribution in [0, 0.1) is 0 Å². The Morgan fingerprint density at radius 2 is 1.57 bits per heavy atom. The molecule has 7 nitrogen and oxygen atoms in total. The van der Waals surface area contributed by atoms with Gasteiger partial charge in [-0.1, -0.05) is 42.5 Å². The van der Waals surface area contributed by atoms with E-state index in [9.17, 15) is 9.59 Å². The zero-order chi connectivity index (χ0) is 21.2. The predicted molar refractivity (Wildman–Crippen MR) is 112 cm³/mol. The lowest BCUT2D eigenvalue weighted by Crippen LogP contribution is -2.49. The van der Waals surface area contributed by atoms with Crippen molar-refractivity contribution in [2.45, 2.75) is 13.0 Å². The minimum absolute atomic E-state index is 0.0657. The van der Waals surface area contributed by atoms with Crippen molar-refractivity contribution in [3.05, 3.63) is 60.2 Å². The highest BCUT2D eigenvalue weighted by atomic mass is 16.5. The van der Waals surface area contributed by atoms with Gasteiger partial charge in [0.05, 0.1) is 20.1 Å². The van der Waals surface area contributed by atoms with Crippen LogP contribution in [0.4, 0.5) is 0 Å². The van der Waals surface area contributed by atoms with Crippen LogP contribution in [0.5, 0.6) is 11.5 Å². The minimum atomic E-state index is -0.457. The number of methoxy groups -OCH3 is 1. The van der Waals surface area contributed by atoms with Crippen LogP contribution in [0.1, 0.15) is 12.0 Å². The normalized spacial score (nSPS) is 14.2. The highest BCUT2D eigenvalue weighted by Crippen LogP contribution is 2.25. The summed E-state index contributed by atoms with van der Waals surface area (Å²) in [6.45, 7) is 3.70. The van der Waals surface area contributed by atoms with Crippen LogP contribution < -0.4 is 9.47 Å². The Hall–Kier alpha value is -3.06. The lowest BCUT2D eigenvalue weighted by Gasteiger charge is -2.34. The van der Waals surface area contributed by atoms with Gasteiger partial charge in [-0.25, -0.2) is 0 Å². The number of ether oxygens (including phenoxy) is 3. The van der Waals surface area contributed by atoms with Crippen LogP contribution in [0.15, 0.2) is 54.6 Å². The van der Waals surface area contributed by atoms with Gasteiger partial charge in [0, 0.05) is 32.7 Å². The Kier molecular flexibility index (Phi) is 8.09. The average molecular weight is 412 g/mol. The van der Waals surface area contributed by atoms with E-state index in [0.29, 0.717) is 24.6 Å². The molecule has 2 aromatic carbocycles. The van der Waals surface area contributed by atoms with Crippen LogP contribution in [-0.4, -0.2) is 68.2 Å². The van der Waals surface area contributed by atoms with Gasteiger partial charge in [-0.15, -0.1) is 0 Å². The largest absolute Gasteiger partial charge is 0.493 e.